The van der Waals surface area contributed by atoms with Gasteiger partial charge in [-0.15, -0.1) is 0 Å². The minimum Gasteiger partial charge on any atom is -0.478 e. The van der Waals surface area contributed by atoms with E-state index in [0.717, 1.165) is 6.07 Å². The SMILES string of the molecule is Cc1cc(NS(=O)(=O)c2cc(C(=O)O)ccc2Cl)c2ccccc2n1. The van der Waals surface area contributed by atoms with E-state index in [0.29, 0.717) is 22.3 Å². The maximum absolute atomic E-state index is 12.7. The molecule has 0 radical (unpaired) electrons. The summed E-state index contributed by atoms with van der Waals surface area (Å²) in [5, 5.41) is 9.63. The van der Waals surface area contributed by atoms with Gasteiger partial charge in [-0.05, 0) is 37.3 Å². The van der Waals surface area contributed by atoms with Gasteiger partial charge in [0.25, 0.3) is 10.0 Å². The van der Waals surface area contributed by atoms with Crippen LogP contribution in [0.1, 0.15) is 16.1 Å². The van der Waals surface area contributed by atoms with Crippen molar-refractivity contribution in [1.29, 1.82) is 0 Å². The largest absolute Gasteiger partial charge is 0.478 e. The number of carboxylic acids is 1. The lowest BCUT2D eigenvalue weighted by molar-refractivity contribution is 0.0696. The van der Waals surface area contributed by atoms with Crippen LogP contribution in [0.4, 0.5) is 5.69 Å². The Balaban J connectivity index is 2.12. The monoisotopic (exact) mass is 376 g/mol. The van der Waals surface area contributed by atoms with Gasteiger partial charge in [-0.1, -0.05) is 29.8 Å². The lowest BCUT2D eigenvalue weighted by atomic mass is 10.2. The van der Waals surface area contributed by atoms with Gasteiger partial charge in [0.15, 0.2) is 0 Å². The Morgan fingerprint density at radius 1 is 1.16 bits per heavy atom. The van der Waals surface area contributed by atoms with E-state index in [1.807, 2.05) is 0 Å². The summed E-state index contributed by atoms with van der Waals surface area (Å²) in [6.07, 6.45) is 0. The predicted molar refractivity (Wildman–Crippen MR) is 95.7 cm³/mol. The van der Waals surface area contributed by atoms with Gasteiger partial charge in [0.05, 0.1) is 21.8 Å². The molecule has 0 spiro atoms. The average Bonchev–Trinajstić information content (AvgIpc) is 2.54. The van der Waals surface area contributed by atoms with Crippen molar-refractivity contribution >= 4 is 44.2 Å². The Kier molecular flexibility index (Phi) is 4.36. The number of halogens is 1. The number of sulfonamides is 1. The zero-order chi connectivity index (χ0) is 18.2. The molecule has 0 aliphatic heterocycles. The number of nitrogens with one attached hydrogen (secondary N) is 1. The number of benzene rings is 2. The van der Waals surface area contributed by atoms with Gasteiger partial charge in [-0.3, -0.25) is 9.71 Å². The van der Waals surface area contributed by atoms with Crippen molar-refractivity contribution in [3.8, 4) is 0 Å². The Bertz CT molecular complexity index is 1100. The summed E-state index contributed by atoms with van der Waals surface area (Å²) in [4.78, 5) is 15.2. The molecule has 0 aliphatic rings. The molecule has 0 unspecified atom stereocenters. The first kappa shape index (κ1) is 17.2. The van der Waals surface area contributed by atoms with Crippen molar-refractivity contribution in [3.63, 3.8) is 0 Å². The fourth-order valence-electron chi connectivity index (χ4n) is 2.43. The number of aryl methyl sites for hydroxylation is 1. The molecular weight excluding hydrogens is 364 g/mol. The van der Waals surface area contributed by atoms with E-state index in [-0.39, 0.29) is 15.5 Å². The molecule has 0 aliphatic carbocycles. The summed E-state index contributed by atoms with van der Waals surface area (Å²) in [5.74, 6) is -1.24. The van der Waals surface area contributed by atoms with Crippen molar-refractivity contribution in [1.82, 2.24) is 4.98 Å². The second kappa shape index (κ2) is 6.34. The number of carboxylic acid groups (broad SMARTS) is 1. The van der Waals surface area contributed by atoms with Crippen molar-refractivity contribution in [3.05, 3.63) is 64.8 Å². The van der Waals surface area contributed by atoms with Crippen LogP contribution in [0.5, 0.6) is 0 Å². The average molecular weight is 377 g/mol. The zero-order valence-electron chi connectivity index (χ0n) is 13.0. The second-order valence-electron chi connectivity index (χ2n) is 5.38. The molecule has 2 N–H and O–H groups in total. The zero-order valence-corrected chi connectivity index (χ0v) is 14.6. The van der Waals surface area contributed by atoms with Crippen LogP contribution in [0, 0.1) is 6.92 Å². The number of nitrogens with zero attached hydrogens (tertiary/aromatic N) is 1. The number of aromatic nitrogens is 1. The first-order valence-corrected chi connectivity index (χ1v) is 9.06. The molecule has 0 saturated carbocycles. The molecule has 2 aromatic carbocycles. The molecule has 128 valence electrons. The molecule has 1 aromatic heterocycles. The molecule has 0 atom stereocenters. The third kappa shape index (κ3) is 3.42. The molecule has 8 heteroatoms. The highest BCUT2D eigenvalue weighted by molar-refractivity contribution is 7.92. The van der Waals surface area contributed by atoms with Gasteiger partial charge < -0.3 is 5.11 Å². The van der Waals surface area contributed by atoms with E-state index in [1.54, 1.807) is 37.3 Å². The lowest BCUT2D eigenvalue weighted by Gasteiger charge is -2.13. The van der Waals surface area contributed by atoms with E-state index in [1.165, 1.54) is 12.1 Å². The maximum Gasteiger partial charge on any atom is 0.335 e. The normalized spacial score (nSPS) is 11.4. The maximum atomic E-state index is 12.7. The summed E-state index contributed by atoms with van der Waals surface area (Å²) >= 11 is 5.98. The minimum atomic E-state index is -4.08. The highest BCUT2D eigenvalue weighted by atomic mass is 35.5. The van der Waals surface area contributed by atoms with Crippen molar-refractivity contribution < 1.29 is 18.3 Å². The quantitative estimate of drug-likeness (QED) is 0.723. The van der Waals surface area contributed by atoms with Gasteiger partial charge >= 0.3 is 5.97 Å². The number of hydrogen-bond donors (Lipinski definition) is 2. The molecular formula is C17H13ClN2O4S. The van der Waals surface area contributed by atoms with E-state index < -0.39 is 16.0 Å². The van der Waals surface area contributed by atoms with Crippen molar-refractivity contribution in [2.45, 2.75) is 11.8 Å². The highest BCUT2D eigenvalue weighted by Crippen LogP contribution is 2.28. The number of carbonyl (C=O) groups is 1. The first-order valence-electron chi connectivity index (χ1n) is 7.20. The Labute approximate surface area is 149 Å². The van der Waals surface area contributed by atoms with Gasteiger partial charge in [0.2, 0.25) is 0 Å². The lowest BCUT2D eigenvalue weighted by Crippen LogP contribution is -2.15. The molecule has 3 aromatic rings. The van der Waals surface area contributed by atoms with Crippen LogP contribution in [-0.2, 0) is 10.0 Å². The van der Waals surface area contributed by atoms with E-state index in [4.69, 9.17) is 16.7 Å². The van der Waals surface area contributed by atoms with E-state index in [2.05, 4.69) is 9.71 Å². The van der Waals surface area contributed by atoms with Gasteiger partial charge in [-0.25, -0.2) is 13.2 Å². The van der Waals surface area contributed by atoms with Crippen LogP contribution in [-0.4, -0.2) is 24.5 Å². The second-order valence-corrected chi connectivity index (χ2v) is 7.44. The van der Waals surface area contributed by atoms with E-state index >= 15 is 0 Å². The summed E-state index contributed by atoms with van der Waals surface area (Å²) < 4.78 is 28.0. The Morgan fingerprint density at radius 3 is 2.60 bits per heavy atom. The van der Waals surface area contributed by atoms with Crippen molar-refractivity contribution in [2.75, 3.05) is 4.72 Å². The van der Waals surface area contributed by atoms with Crippen LogP contribution in [0.25, 0.3) is 10.9 Å². The van der Waals surface area contributed by atoms with Crippen molar-refractivity contribution in [2.24, 2.45) is 0 Å². The van der Waals surface area contributed by atoms with Crippen LogP contribution in [0.15, 0.2) is 53.4 Å². The van der Waals surface area contributed by atoms with Gasteiger partial charge in [0.1, 0.15) is 4.90 Å². The van der Waals surface area contributed by atoms with Crippen LogP contribution >= 0.6 is 11.6 Å². The van der Waals surface area contributed by atoms with E-state index in [9.17, 15) is 13.2 Å². The number of hydrogen-bond acceptors (Lipinski definition) is 4. The van der Waals surface area contributed by atoms with Gasteiger partial charge in [0, 0.05) is 11.1 Å². The molecule has 6 nitrogen and oxygen atoms in total. The summed E-state index contributed by atoms with van der Waals surface area (Å²) in [6, 6.07) is 12.2. The molecule has 3 rings (SSSR count). The topological polar surface area (TPSA) is 96.4 Å². The molecule has 1 heterocycles. The molecule has 25 heavy (non-hydrogen) atoms. The highest BCUT2D eigenvalue weighted by Gasteiger charge is 2.21. The van der Waals surface area contributed by atoms with Crippen LogP contribution < -0.4 is 4.72 Å². The summed E-state index contributed by atoms with van der Waals surface area (Å²) in [5.41, 5.74) is 1.47. The minimum absolute atomic E-state index is 0.0624. The standard InChI is InChI=1S/C17H13ClN2O4S/c1-10-8-15(12-4-2-3-5-14(12)19-10)20-25(23,24)16-9-11(17(21)22)6-7-13(16)18/h2-9H,1H3,(H,19,20)(H,21,22). The third-order valence-corrected chi connectivity index (χ3v) is 5.40. The molecule has 0 amide bonds. The number of fused-ring (bicyclic) bond motifs is 1. The van der Waals surface area contributed by atoms with Crippen LogP contribution in [0.3, 0.4) is 0 Å². The Morgan fingerprint density at radius 2 is 1.88 bits per heavy atom. The van der Waals surface area contributed by atoms with Crippen LogP contribution in [0.2, 0.25) is 5.02 Å². The molecule has 0 fully saturated rings. The third-order valence-electron chi connectivity index (χ3n) is 3.56. The fourth-order valence-corrected chi connectivity index (χ4v) is 4.03. The Hall–Kier alpha value is -2.64. The number of rotatable bonds is 4. The number of para-hydroxylation sites is 1. The number of anilines is 1. The van der Waals surface area contributed by atoms with Gasteiger partial charge in [-0.2, -0.15) is 0 Å². The molecule has 0 saturated heterocycles. The molecule has 0 bridgehead atoms. The summed E-state index contributed by atoms with van der Waals surface area (Å²) in [6.45, 7) is 1.75. The fraction of sp³-hybridized carbons (Fsp3) is 0.0588. The smallest absolute Gasteiger partial charge is 0.335 e. The first-order chi connectivity index (χ1) is 11.8. The number of pyridine rings is 1. The predicted octanol–water partition coefficient (Wildman–Crippen LogP) is 3.70. The number of aromatic carboxylic acids is 1. The summed E-state index contributed by atoms with van der Waals surface area (Å²) in [7, 11) is -4.08.